The fourth-order valence-electron chi connectivity index (χ4n) is 2.49. The summed E-state index contributed by atoms with van der Waals surface area (Å²) in [4.78, 5) is 11.9. The number of Topliss-reactive ketones (excluding diaryl/α,β-unsaturated/α-hetero) is 1. The predicted octanol–water partition coefficient (Wildman–Crippen LogP) is 2.60. The highest BCUT2D eigenvalue weighted by Gasteiger charge is 2.37. The molecular weight excluding hydrogens is 236 g/mol. The predicted molar refractivity (Wildman–Crippen MR) is 65.0 cm³/mol. The molecule has 1 aliphatic carbocycles. The van der Waals surface area contributed by atoms with E-state index in [1.54, 1.807) is 0 Å². The van der Waals surface area contributed by atoms with Crippen molar-refractivity contribution in [1.82, 2.24) is 0 Å². The molecule has 0 saturated heterocycles. The van der Waals surface area contributed by atoms with Crippen molar-refractivity contribution >= 4 is 5.78 Å². The van der Waals surface area contributed by atoms with E-state index in [4.69, 9.17) is 5.73 Å². The molecule has 0 radical (unpaired) electrons. The lowest BCUT2D eigenvalue weighted by Crippen LogP contribution is -2.39. The summed E-state index contributed by atoms with van der Waals surface area (Å²) >= 11 is 0. The Labute approximate surface area is 105 Å². The summed E-state index contributed by atoms with van der Waals surface area (Å²) in [6.45, 7) is 0.524. The largest absolute Gasteiger partial charge is 0.330 e. The molecule has 1 aromatic carbocycles. The molecule has 4 heteroatoms. The Hall–Kier alpha value is -1.29. The van der Waals surface area contributed by atoms with E-state index in [2.05, 4.69) is 0 Å². The Morgan fingerprint density at radius 3 is 2.50 bits per heavy atom. The molecule has 1 fully saturated rings. The van der Waals surface area contributed by atoms with Crippen molar-refractivity contribution in [3.8, 4) is 0 Å². The van der Waals surface area contributed by atoms with Gasteiger partial charge < -0.3 is 5.73 Å². The second-order valence-corrected chi connectivity index (χ2v) is 5.20. The Bertz CT molecular complexity index is 450. The minimum atomic E-state index is -0.905. The van der Waals surface area contributed by atoms with Crippen LogP contribution in [0.3, 0.4) is 0 Å². The summed E-state index contributed by atoms with van der Waals surface area (Å²) in [5, 5.41) is 0. The van der Waals surface area contributed by atoms with E-state index in [0.29, 0.717) is 18.5 Å². The summed E-state index contributed by atoms with van der Waals surface area (Å²) in [6.07, 6.45) is 3.71. The highest BCUT2D eigenvalue weighted by molar-refractivity contribution is 5.81. The van der Waals surface area contributed by atoms with Crippen LogP contribution >= 0.6 is 0 Å². The van der Waals surface area contributed by atoms with Gasteiger partial charge >= 0.3 is 0 Å². The van der Waals surface area contributed by atoms with Crippen LogP contribution in [0.2, 0.25) is 0 Å². The van der Waals surface area contributed by atoms with Gasteiger partial charge in [0.25, 0.3) is 0 Å². The van der Waals surface area contributed by atoms with E-state index in [-0.39, 0.29) is 17.6 Å². The van der Waals surface area contributed by atoms with E-state index in [1.807, 2.05) is 0 Å². The lowest BCUT2D eigenvalue weighted by molar-refractivity contribution is -0.122. The lowest BCUT2D eigenvalue weighted by Gasteiger charge is -2.40. The monoisotopic (exact) mass is 253 g/mol. The van der Waals surface area contributed by atoms with Crippen LogP contribution in [0.4, 0.5) is 8.78 Å². The molecule has 1 saturated carbocycles. The van der Waals surface area contributed by atoms with E-state index in [1.165, 1.54) is 6.07 Å². The van der Waals surface area contributed by atoms with Gasteiger partial charge in [0.2, 0.25) is 0 Å². The number of carbonyl (C=O) groups is 1. The Morgan fingerprint density at radius 1 is 1.28 bits per heavy atom. The standard InChI is InChI=1S/C14H17F2NO/c15-12-3-2-10(7-13(12)16)6-11(18)8-14(9-17)4-1-5-14/h2-3,7H,1,4-6,8-9,17H2. The minimum absolute atomic E-state index is 0.0321. The topological polar surface area (TPSA) is 43.1 Å². The first-order valence-electron chi connectivity index (χ1n) is 6.20. The highest BCUT2D eigenvalue weighted by Crippen LogP contribution is 2.43. The molecule has 1 aliphatic rings. The van der Waals surface area contributed by atoms with Gasteiger partial charge in [-0.3, -0.25) is 4.79 Å². The molecule has 0 atom stereocenters. The first-order chi connectivity index (χ1) is 8.54. The molecule has 0 spiro atoms. The zero-order chi connectivity index (χ0) is 13.2. The Morgan fingerprint density at radius 2 is 2.00 bits per heavy atom. The fourth-order valence-corrected chi connectivity index (χ4v) is 2.49. The summed E-state index contributed by atoms with van der Waals surface area (Å²) < 4.78 is 25.8. The molecule has 0 amide bonds. The third kappa shape index (κ3) is 2.75. The maximum absolute atomic E-state index is 13.0. The normalized spacial score (nSPS) is 17.3. The lowest BCUT2D eigenvalue weighted by atomic mass is 9.65. The zero-order valence-corrected chi connectivity index (χ0v) is 10.2. The molecule has 18 heavy (non-hydrogen) atoms. The van der Waals surface area contributed by atoms with Crippen molar-refractivity contribution in [1.29, 1.82) is 0 Å². The average molecular weight is 253 g/mol. The number of hydrogen-bond donors (Lipinski definition) is 1. The minimum Gasteiger partial charge on any atom is -0.330 e. The van der Waals surface area contributed by atoms with Crippen LogP contribution < -0.4 is 5.73 Å². The first-order valence-corrected chi connectivity index (χ1v) is 6.20. The van der Waals surface area contributed by atoms with Crippen molar-refractivity contribution in [3.63, 3.8) is 0 Å². The van der Waals surface area contributed by atoms with Gasteiger partial charge in [-0.2, -0.15) is 0 Å². The van der Waals surface area contributed by atoms with Crippen LogP contribution in [0.25, 0.3) is 0 Å². The second-order valence-electron chi connectivity index (χ2n) is 5.20. The van der Waals surface area contributed by atoms with Gasteiger partial charge in [0.1, 0.15) is 5.78 Å². The van der Waals surface area contributed by atoms with Crippen molar-refractivity contribution in [3.05, 3.63) is 35.4 Å². The van der Waals surface area contributed by atoms with Crippen LogP contribution in [0.15, 0.2) is 18.2 Å². The molecule has 98 valence electrons. The van der Waals surface area contributed by atoms with Crippen molar-refractivity contribution < 1.29 is 13.6 Å². The third-order valence-corrected chi connectivity index (χ3v) is 3.80. The maximum Gasteiger partial charge on any atom is 0.159 e. The second kappa shape index (κ2) is 5.14. The number of nitrogens with two attached hydrogens (primary N) is 1. The smallest absolute Gasteiger partial charge is 0.159 e. The third-order valence-electron chi connectivity index (χ3n) is 3.80. The van der Waals surface area contributed by atoms with E-state index in [0.717, 1.165) is 31.4 Å². The molecule has 2 N–H and O–H groups in total. The van der Waals surface area contributed by atoms with Crippen molar-refractivity contribution in [2.24, 2.45) is 11.1 Å². The molecule has 0 unspecified atom stereocenters. The molecule has 0 aliphatic heterocycles. The molecule has 2 nitrogen and oxygen atoms in total. The fraction of sp³-hybridized carbons (Fsp3) is 0.500. The van der Waals surface area contributed by atoms with Gasteiger partial charge in [-0.15, -0.1) is 0 Å². The number of halogens is 2. The zero-order valence-electron chi connectivity index (χ0n) is 10.2. The Kier molecular flexibility index (Phi) is 3.76. The van der Waals surface area contributed by atoms with Gasteiger partial charge in [-0.05, 0) is 42.5 Å². The number of ketones is 1. The van der Waals surface area contributed by atoms with Crippen molar-refractivity contribution in [2.45, 2.75) is 32.1 Å². The Balaban J connectivity index is 1.96. The van der Waals surface area contributed by atoms with Crippen LogP contribution in [-0.4, -0.2) is 12.3 Å². The molecule has 2 rings (SSSR count). The average Bonchev–Trinajstić information content (AvgIpc) is 2.29. The number of rotatable bonds is 5. The summed E-state index contributed by atoms with van der Waals surface area (Å²) in [7, 11) is 0. The van der Waals surface area contributed by atoms with E-state index >= 15 is 0 Å². The molecule has 0 aromatic heterocycles. The highest BCUT2D eigenvalue weighted by atomic mass is 19.2. The molecule has 0 heterocycles. The molecule has 0 bridgehead atoms. The maximum atomic E-state index is 13.0. The summed E-state index contributed by atoms with van der Waals surface area (Å²) in [5.74, 6) is -1.74. The van der Waals surface area contributed by atoms with Gasteiger partial charge in [0.05, 0.1) is 0 Å². The van der Waals surface area contributed by atoms with Gasteiger partial charge in [-0.1, -0.05) is 12.5 Å². The number of benzene rings is 1. The van der Waals surface area contributed by atoms with Crippen molar-refractivity contribution in [2.75, 3.05) is 6.54 Å². The molecule has 1 aromatic rings. The van der Waals surface area contributed by atoms with Gasteiger partial charge in [0.15, 0.2) is 11.6 Å². The van der Waals surface area contributed by atoms with Crippen LogP contribution in [-0.2, 0) is 11.2 Å². The SMILES string of the molecule is NCC1(CC(=O)Cc2ccc(F)c(F)c2)CCC1. The van der Waals surface area contributed by atoms with E-state index < -0.39 is 11.6 Å². The number of carbonyl (C=O) groups excluding carboxylic acids is 1. The summed E-state index contributed by atoms with van der Waals surface area (Å²) in [5.41, 5.74) is 6.18. The first kappa shape index (κ1) is 13.1. The quantitative estimate of drug-likeness (QED) is 0.876. The molecular formula is C14H17F2NO. The van der Waals surface area contributed by atoms with Crippen LogP contribution in [0.1, 0.15) is 31.2 Å². The van der Waals surface area contributed by atoms with Crippen LogP contribution in [0.5, 0.6) is 0 Å². The summed E-state index contributed by atoms with van der Waals surface area (Å²) in [6, 6.07) is 3.59. The van der Waals surface area contributed by atoms with Gasteiger partial charge in [-0.25, -0.2) is 8.78 Å². The van der Waals surface area contributed by atoms with Crippen LogP contribution in [0, 0.1) is 17.0 Å². The van der Waals surface area contributed by atoms with E-state index in [9.17, 15) is 13.6 Å². The number of hydrogen-bond acceptors (Lipinski definition) is 2. The van der Waals surface area contributed by atoms with Gasteiger partial charge in [0, 0.05) is 12.8 Å².